The van der Waals surface area contributed by atoms with E-state index >= 15 is 0 Å². The van der Waals surface area contributed by atoms with Crippen LogP contribution in [-0.2, 0) is 6.54 Å². The Hall–Kier alpha value is -2.50. The molecular formula is C15H18N2O4. The number of hydrogen-bond acceptors (Lipinski definition) is 4. The Morgan fingerprint density at radius 2 is 1.95 bits per heavy atom. The van der Waals surface area contributed by atoms with E-state index in [0.717, 1.165) is 0 Å². The van der Waals surface area contributed by atoms with E-state index in [1.807, 2.05) is 31.2 Å². The van der Waals surface area contributed by atoms with Crippen molar-refractivity contribution in [2.75, 3.05) is 13.2 Å². The van der Waals surface area contributed by atoms with Gasteiger partial charge in [-0.15, -0.1) is 0 Å². The fraction of sp³-hybridized carbons (Fsp3) is 0.333. The number of aromatic carboxylic acids is 1. The number of ether oxygens (including phenoxy) is 2. The maximum Gasteiger partial charge on any atom is 0.339 e. The van der Waals surface area contributed by atoms with Crippen molar-refractivity contribution < 1.29 is 19.4 Å². The fourth-order valence-corrected chi connectivity index (χ4v) is 1.94. The van der Waals surface area contributed by atoms with Crippen molar-refractivity contribution in [2.45, 2.75) is 20.4 Å². The highest BCUT2D eigenvalue weighted by molar-refractivity contribution is 5.88. The summed E-state index contributed by atoms with van der Waals surface area (Å²) in [6.45, 7) is 5.00. The van der Waals surface area contributed by atoms with Gasteiger partial charge in [0.15, 0.2) is 11.5 Å². The second-order valence-corrected chi connectivity index (χ2v) is 4.42. The molecule has 1 heterocycles. The summed E-state index contributed by atoms with van der Waals surface area (Å²) in [6, 6.07) is 7.44. The topological polar surface area (TPSA) is 73.6 Å². The van der Waals surface area contributed by atoms with Crippen LogP contribution >= 0.6 is 0 Å². The number of para-hydroxylation sites is 2. The third-order valence-corrected chi connectivity index (χ3v) is 2.90. The van der Waals surface area contributed by atoms with Crippen LogP contribution in [0.2, 0.25) is 0 Å². The molecule has 0 atom stereocenters. The third-order valence-electron chi connectivity index (χ3n) is 2.90. The first-order valence-corrected chi connectivity index (χ1v) is 6.73. The van der Waals surface area contributed by atoms with E-state index in [1.54, 1.807) is 11.6 Å². The smallest absolute Gasteiger partial charge is 0.339 e. The zero-order chi connectivity index (χ0) is 15.2. The van der Waals surface area contributed by atoms with Gasteiger partial charge in [0.2, 0.25) is 0 Å². The van der Waals surface area contributed by atoms with Crippen LogP contribution in [0.4, 0.5) is 0 Å². The molecule has 0 amide bonds. The average Bonchev–Trinajstić information content (AvgIpc) is 2.82. The lowest BCUT2D eigenvalue weighted by Crippen LogP contribution is -2.09. The Balaban J connectivity index is 1.95. The summed E-state index contributed by atoms with van der Waals surface area (Å²) < 4.78 is 12.7. The molecule has 0 bridgehead atoms. The molecule has 0 saturated heterocycles. The Kier molecular flexibility index (Phi) is 4.81. The number of aromatic nitrogens is 2. The number of rotatable bonds is 7. The van der Waals surface area contributed by atoms with Gasteiger partial charge in [-0.25, -0.2) is 4.79 Å². The fourth-order valence-electron chi connectivity index (χ4n) is 1.94. The highest BCUT2D eigenvalue weighted by Crippen LogP contribution is 2.26. The zero-order valence-electron chi connectivity index (χ0n) is 12.1. The molecule has 0 saturated carbocycles. The minimum atomic E-state index is -0.971. The van der Waals surface area contributed by atoms with E-state index in [9.17, 15) is 4.79 Å². The summed E-state index contributed by atoms with van der Waals surface area (Å²) >= 11 is 0. The lowest BCUT2D eigenvalue weighted by Gasteiger charge is -2.11. The second-order valence-electron chi connectivity index (χ2n) is 4.42. The van der Waals surface area contributed by atoms with Crippen molar-refractivity contribution in [3.63, 3.8) is 0 Å². The van der Waals surface area contributed by atoms with Crippen LogP contribution in [0, 0.1) is 6.92 Å². The van der Waals surface area contributed by atoms with Crippen molar-refractivity contribution in [3.8, 4) is 11.5 Å². The molecule has 0 radical (unpaired) electrons. The molecule has 0 fully saturated rings. The summed E-state index contributed by atoms with van der Waals surface area (Å²) in [5.41, 5.74) is 0.710. The van der Waals surface area contributed by atoms with Gasteiger partial charge >= 0.3 is 5.97 Å². The molecule has 0 aliphatic rings. The Bertz CT molecular complexity index is 622. The van der Waals surface area contributed by atoms with Crippen molar-refractivity contribution in [2.24, 2.45) is 0 Å². The largest absolute Gasteiger partial charge is 0.490 e. The Morgan fingerprint density at radius 1 is 1.29 bits per heavy atom. The summed E-state index contributed by atoms with van der Waals surface area (Å²) in [6.07, 6.45) is 1.51. The number of nitrogens with zero attached hydrogens (tertiary/aromatic N) is 2. The molecular weight excluding hydrogens is 272 g/mol. The van der Waals surface area contributed by atoms with Crippen LogP contribution in [0.15, 0.2) is 30.5 Å². The standard InChI is InChI=1S/C15H18N2O4/c1-3-20-13-6-4-5-7-14(13)21-9-8-17-10-12(15(18)19)11(2)16-17/h4-7,10H,3,8-9H2,1-2H3,(H,18,19). The molecule has 6 heteroatoms. The zero-order valence-corrected chi connectivity index (χ0v) is 12.1. The predicted octanol–water partition coefficient (Wildman–Crippen LogP) is 2.37. The van der Waals surface area contributed by atoms with Gasteiger partial charge in [0, 0.05) is 6.20 Å². The van der Waals surface area contributed by atoms with Gasteiger partial charge in [0.25, 0.3) is 0 Å². The summed E-state index contributed by atoms with van der Waals surface area (Å²) in [4.78, 5) is 10.9. The van der Waals surface area contributed by atoms with E-state index in [0.29, 0.717) is 37.0 Å². The number of carboxylic acids is 1. The lowest BCUT2D eigenvalue weighted by atomic mass is 10.3. The monoisotopic (exact) mass is 290 g/mol. The molecule has 2 rings (SSSR count). The van der Waals surface area contributed by atoms with Crippen LogP contribution in [0.3, 0.4) is 0 Å². The minimum absolute atomic E-state index is 0.213. The summed E-state index contributed by atoms with van der Waals surface area (Å²) in [7, 11) is 0. The molecule has 0 unspecified atom stereocenters. The maximum absolute atomic E-state index is 10.9. The van der Waals surface area contributed by atoms with E-state index in [4.69, 9.17) is 14.6 Å². The van der Waals surface area contributed by atoms with E-state index in [-0.39, 0.29) is 5.56 Å². The normalized spacial score (nSPS) is 10.4. The molecule has 0 spiro atoms. The molecule has 1 aromatic carbocycles. The highest BCUT2D eigenvalue weighted by Gasteiger charge is 2.11. The summed E-state index contributed by atoms with van der Waals surface area (Å²) in [5.74, 6) is 0.394. The van der Waals surface area contributed by atoms with Crippen LogP contribution in [-0.4, -0.2) is 34.1 Å². The Morgan fingerprint density at radius 3 is 2.52 bits per heavy atom. The first-order chi connectivity index (χ1) is 10.1. The number of carbonyl (C=O) groups is 1. The van der Waals surface area contributed by atoms with Gasteiger partial charge in [-0.3, -0.25) is 4.68 Å². The quantitative estimate of drug-likeness (QED) is 0.847. The number of carboxylic acid groups (broad SMARTS) is 1. The van der Waals surface area contributed by atoms with Crippen molar-refractivity contribution >= 4 is 5.97 Å². The van der Waals surface area contributed by atoms with Crippen LogP contribution < -0.4 is 9.47 Å². The summed E-state index contributed by atoms with van der Waals surface area (Å²) in [5, 5.41) is 13.1. The molecule has 112 valence electrons. The Labute approximate surface area is 122 Å². The van der Waals surface area contributed by atoms with Crippen LogP contribution in [0.25, 0.3) is 0 Å². The molecule has 6 nitrogen and oxygen atoms in total. The van der Waals surface area contributed by atoms with Gasteiger partial charge in [-0.2, -0.15) is 5.10 Å². The van der Waals surface area contributed by atoms with E-state index in [2.05, 4.69) is 5.10 Å². The number of benzene rings is 1. The molecule has 0 aliphatic heterocycles. The van der Waals surface area contributed by atoms with Gasteiger partial charge in [0.05, 0.1) is 18.8 Å². The van der Waals surface area contributed by atoms with Gasteiger partial charge < -0.3 is 14.6 Å². The van der Waals surface area contributed by atoms with E-state index in [1.165, 1.54) is 6.20 Å². The molecule has 0 aliphatic carbocycles. The average molecular weight is 290 g/mol. The number of hydrogen-bond donors (Lipinski definition) is 1. The van der Waals surface area contributed by atoms with Crippen molar-refractivity contribution in [1.29, 1.82) is 0 Å². The lowest BCUT2D eigenvalue weighted by molar-refractivity contribution is 0.0696. The molecule has 2 aromatic rings. The predicted molar refractivity (Wildman–Crippen MR) is 77.0 cm³/mol. The van der Waals surface area contributed by atoms with Crippen LogP contribution in [0.1, 0.15) is 23.0 Å². The van der Waals surface area contributed by atoms with Gasteiger partial charge in [-0.05, 0) is 26.0 Å². The molecule has 21 heavy (non-hydrogen) atoms. The SMILES string of the molecule is CCOc1ccccc1OCCn1cc(C(=O)O)c(C)n1. The van der Waals surface area contributed by atoms with Gasteiger partial charge in [-0.1, -0.05) is 12.1 Å². The van der Waals surface area contributed by atoms with Crippen molar-refractivity contribution in [3.05, 3.63) is 41.7 Å². The second kappa shape index (κ2) is 6.78. The first-order valence-electron chi connectivity index (χ1n) is 6.73. The minimum Gasteiger partial charge on any atom is -0.490 e. The first kappa shape index (κ1) is 14.9. The van der Waals surface area contributed by atoms with Crippen LogP contribution in [0.5, 0.6) is 11.5 Å². The highest BCUT2D eigenvalue weighted by atomic mass is 16.5. The molecule has 1 aromatic heterocycles. The molecule has 1 N–H and O–H groups in total. The van der Waals surface area contributed by atoms with Gasteiger partial charge in [0.1, 0.15) is 12.2 Å². The third kappa shape index (κ3) is 3.75. The van der Waals surface area contributed by atoms with Crippen molar-refractivity contribution in [1.82, 2.24) is 9.78 Å². The van der Waals surface area contributed by atoms with E-state index < -0.39 is 5.97 Å². The maximum atomic E-state index is 10.9. The number of aryl methyl sites for hydroxylation is 1.